The van der Waals surface area contributed by atoms with Crippen LogP contribution in [-0.2, 0) is 8.85 Å². The number of benzene rings is 4. The van der Waals surface area contributed by atoms with E-state index in [4.69, 9.17) is 38.8 Å². The summed E-state index contributed by atoms with van der Waals surface area (Å²) in [5, 5.41) is 15.0. The van der Waals surface area contributed by atoms with Crippen LogP contribution in [0.15, 0.2) is 127 Å². The molecule has 8 aliphatic carbocycles. The SMILES string of the molecule is CCC12CC3CC(C1)CC(CO[Si]1(OCC45CC6CC(CC(CO)(C6)C4)C5)n4c5c6ccccc6c4N=C4N=C(N=c6c7ccccc7c(n61)=NC1=NC(=N5)c5ccccc51)c1ccccc14)(C3)C2. The van der Waals surface area contributed by atoms with Gasteiger partial charge in [-0.25, -0.2) is 30.0 Å². The highest BCUT2D eigenvalue weighted by Crippen LogP contribution is 2.67. The van der Waals surface area contributed by atoms with Crippen LogP contribution in [-0.4, -0.2) is 65.6 Å². The highest BCUT2D eigenvalue weighted by molar-refractivity contribution is 6.66. The third kappa shape index (κ3) is 5.54. The molecule has 0 saturated heterocycles. The van der Waals surface area contributed by atoms with E-state index in [-0.39, 0.29) is 22.9 Å². The smallest absolute Gasteiger partial charge is 0.396 e. The minimum Gasteiger partial charge on any atom is -0.396 e. The van der Waals surface area contributed by atoms with Crippen molar-refractivity contribution in [1.82, 2.24) is 8.47 Å². The molecule has 18 rings (SSSR count). The standard InChI is InChI=1S/C57H56N8O3Si/c1-2-54-21-34-19-35(22-54)26-56(25-34,29-54)32-67-69(68-33-57-27-36-20-37(28-57)24-55(23-36,30-57)31-66)64-50-42-15-7-8-16-43(42)52(64)62-48-40-13-5-6-14-41(40)49(59-48)63-53-45-18-10-9-17-44(45)51(65(53)69)61-47-39-12-4-3-11-38(39)46(58-47)60-50/h3-18,34-37,66H,2,19-33H2,1H3. The second kappa shape index (κ2) is 13.8. The predicted octanol–water partition coefficient (Wildman–Crippen LogP) is 9.98. The lowest BCUT2D eigenvalue weighted by Gasteiger charge is -2.63. The summed E-state index contributed by atoms with van der Waals surface area (Å²) in [4.78, 5) is 33.7. The van der Waals surface area contributed by atoms with Crippen molar-refractivity contribution >= 4 is 65.4 Å². The number of rotatable bonds is 8. The molecule has 11 nitrogen and oxygen atoms in total. The molecule has 12 heteroatoms. The molecule has 8 fully saturated rings. The van der Waals surface area contributed by atoms with E-state index in [9.17, 15) is 5.11 Å². The van der Waals surface area contributed by atoms with Crippen LogP contribution in [0.3, 0.4) is 0 Å². The molecule has 5 unspecified atom stereocenters. The molecule has 0 radical (unpaired) electrons. The monoisotopic (exact) mass is 928 g/mol. The van der Waals surface area contributed by atoms with Crippen LogP contribution in [0.2, 0.25) is 0 Å². The number of fused-ring (bicyclic) bond motifs is 14. The van der Waals surface area contributed by atoms with Gasteiger partial charge in [-0.1, -0.05) is 110 Å². The summed E-state index contributed by atoms with van der Waals surface area (Å²) < 4.78 is 21.5. The van der Waals surface area contributed by atoms with Gasteiger partial charge in [0.05, 0.1) is 0 Å². The lowest BCUT2D eigenvalue weighted by atomic mass is 9.44. The van der Waals surface area contributed by atoms with Gasteiger partial charge in [-0.15, -0.1) is 0 Å². The van der Waals surface area contributed by atoms with Crippen molar-refractivity contribution in [2.75, 3.05) is 19.8 Å². The van der Waals surface area contributed by atoms with Crippen molar-refractivity contribution in [3.05, 3.63) is 130 Å². The minimum atomic E-state index is -4.32. The number of hydrogen-bond donors (Lipinski definition) is 1. The van der Waals surface area contributed by atoms with Gasteiger partial charge in [0.1, 0.15) is 22.6 Å². The fourth-order valence-corrected chi connectivity index (χ4v) is 21.0. The molecule has 6 aromatic rings. The minimum absolute atomic E-state index is 0.00203. The Balaban J connectivity index is 1.05. The summed E-state index contributed by atoms with van der Waals surface area (Å²) in [6.45, 7) is 3.72. The first-order valence-corrected chi connectivity index (χ1v) is 27.6. The van der Waals surface area contributed by atoms with Gasteiger partial charge in [0, 0.05) is 63.6 Å². The van der Waals surface area contributed by atoms with E-state index in [0.29, 0.717) is 88.3 Å². The van der Waals surface area contributed by atoms with Gasteiger partial charge in [-0.3, -0.25) is 8.47 Å². The zero-order valence-corrected chi connectivity index (χ0v) is 40.2. The van der Waals surface area contributed by atoms with Crippen LogP contribution >= 0.6 is 0 Å². The first-order valence-electron chi connectivity index (χ1n) is 25.9. The van der Waals surface area contributed by atoms with E-state index in [2.05, 4.69) is 112 Å². The third-order valence-corrected chi connectivity index (χ3v) is 22.2. The van der Waals surface area contributed by atoms with Gasteiger partial charge in [0.2, 0.25) is 0 Å². The third-order valence-electron chi connectivity index (χ3n) is 19.1. The van der Waals surface area contributed by atoms with Crippen LogP contribution < -0.4 is 11.0 Å². The molecular weight excluding hydrogens is 873 g/mol. The fraction of sp³-hybridized carbons (Fsp3) is 0.439. The van der Waals surface area contributed by atoms with Gasteiger partial charge in [0.15, 0.2) is 23.3 Å². The Hall–Kier alpha value is -5.66. The Morgan fingerprint density at radius 3 is 1.29 bits per heavy atom. The molecule has 0 amide bonds. The maximum absolute atomic E-state index is 11.2. The van der Waals surface area contributed by atoms with Crippen molar-refractivity contribution in [2.24, 2.45) is 75.3 Å². The van der Waals surface area contributed by atoms with Crippen LogP contribution in [0.1, 0.15) is 113 Å². The van der Waals surface area contributed by atoms with Gasteiger partial charge < -0.3 is 14.0 Å². The Morgan fingerprint density at radius 2 is 0.855 bits per heavy atom. The van der Waals surface area contributed by atoms with Gasteiger partial charge in [-0.2, -0.15) is 0 Å². The number of nitrogens with zero attached hydrogens (tertiary/aromatic N) is 8. The van der Waals surface area contributed by atoms with E-state index < -0.39 is 8.88 Å². The molecule has 5 atom stereocenters. The number of amidine groups is 4. The highest BCUT2D eigenvalue weighted by Gasteiger charge is 2.63. The summed E-state index contributed by atoms with van der Waals surface area (Å²) in [6.07, 6.45) is 15.4. The second-order valence-electron chi connectivity index (χ2n) is 23.7. The molecule has 69 heavy (non-hydrogen) atoms. The molecule has 4 aromatic carbocycles. The maximum atomic E-state index is 11.2. The van der Waals surface area contributed by atoms with Crippen LogP contribution in [0.4, 0.5) is 11.6 Å². The quantitative estimate of drug-likeness (QED) is 0.153. The van der Waals surface area contributed by atoms with Crippen molar-refractivity contribution in [1.29, 1.82) is 0 Å². The van der Waals surface area contributed by atoms with Gasteiger partial charge in [0.25, 0.3) is 0 Å². The second-order valence-corrected chi connectivity index (χ2v) is 26.2. The first-order chi connectivity index (χ1) is 33.8. The van der Waals surface area contributed by atoms with E-state index in [1.165, 1.54) is 51.4 Å². The van der Waals surface area contributed by atoms with Crippen LogP contribution in [0.25, 0.3) is 21.5 Å². The number of aliphatic hydroxyl groups excluding tert-OH is 1. The maximum Gasteiger partial charge on any atom is 0.603 e. The van der Waals surface area contributed by atoms with Crippen LogP contribution in [0.5, 0.6) is 0 Å². The Labute approximate surface area is 402 Å². The average Bonchev–Trinajstić information content (AvgIpc) is 4.07. The zero-order valence-electron chi connectivity index (χ0n) is 39.2. The number of hydrogen-bond acceptors (Lipinski definition) is 9. The molecule has 6 heterocycles. The highest BCUT2D eigenvalue weighted by atomic mass is 28.4. The zero-order chi connectivity index (χ0) is 45.5. The molecule has 8 saturated carbocycles. The van der Waals surface area contributed by atoms with Gasteiger partial charge in [-0.05, 0) is 122 Å². The summed E-state index contributed by atoms with van der Waals surface area (Å²) in [6, 6.07) is 33.9. The molecule has 14 bridgehead atoms. The Morgan fingerprint density at radius 1 is 0.478 bits per heavy atom. The number of aliphatic imine (C=N–C) groups is 4. The molecular formula is C57H56N8O3Si. The van der Waals surface area contributed by atoms with Crippen molar-refractivity contribution in [3.63, 3.8) is 0 Å². The van der Waals surface area contributed by atoms with Crippen molar-refractivity contribution < 1.29 is 14.0 Å². The molecule has 0 spiro atoms. The van der Waals surface area contributed by atoms with Gasteiger partial charge >= 0.3 is 8.88 Å². The Kier molecular flexibility index (Phi) is 8.02. The van der Waals surface area contributed by atoms with E-state index in [1.807, 2.05) is 0 Å². The molecule has 2 aromatic heterocycles. The molecule has 12 aliphatic rings. The van der Waals surface area contributed by atoms with E-state index in [1.54, 1.807) is 0 Å². The average molecular weight is 929 g/mol. The lowest BCUT2D eigenvalue weighted by molar-refractivity contribution is -0.149. The fourth-order valence-electron chi connectivity index (χ4n) is 17.5. The van der Waals surface area contributed by atoms with E-state index >= 15 is 0 Å². The summed E-state index contributed by atoms with van der Waals surface area (Å²) in [5.41, 5.74) is 5.34. The summed E-state index contributed by atoms with van der Waals surface area (Å²) in [5.74, 6) is 6.46. The molecule has 4 aliphatic heterocycles. The lowest BCUT2D eigenvalue weighted by Crippen LogP contribution is -2.67. The number of aliphatic hydroxyl groups is 1. The van der Waals surface area contributed by atoms with E-state index in [0.717, 1.165) is 75.9 Å². The van der Waals surface area contributed by atoms with Crippen molar-refractivity contribution in [2.45, 2.75) is 90.4 Å². The van der Waals surface area contributed by atoms with Crippen molar-refractivity contribution in [3.8, 4) is 0 Å². The topological polar surface area (TPSA) is 123 Å². The Bertz CT molecular complexity index is 3290. The molecule has 1 N–H and O–H groups in total. The number of aromatic nitrogens is 2. The van der Waals surface area contributed by atoms with Crippen LogP contribution in [0, 0.1) is 45.3 Å². The normalized spacial score (nSPS) is 34.5. The summed E-state index contributed by atoms with van der Waals surface area (Å²) >= 11 is 0. The first kappa shape index (κ1) is 40.1. The largest absolute Gasteiger partial charge is 0.603 e. The molecule has 346 valence electrons. The predicted molar refractivity (Wildman–Crippen MR) is 269 cm³/mol. The summed E-state index contributed by atoms with van der Waals surface area (Å²) in [7, 11) is -4.32.